The molecule has 2 heterocycles. The third-order valence-corrected chi connectivity index (χ3v) is 8.98. The van der Waals surface area contributed by atoms with Crippen molar-refractivity contribution in [3.8, 4) is 0 Å². The molecule has 222 valence electrons. The number of benzene rings is 2. The highest BCUT2D eigenvalue weighted by molar-refractivity contribution is 7.10. The van der Waals surface area contributed by atoms with Crippen LogP contribution in [-0.2, 0) is 20.7 Å². The number of nitrogens with one attached hydrogen (secondary N) is 2. The van der Waals surface area contributed by atoms with E-state index < -0.39 is 18.5 Å². The molecule has 43 heavy (non-hydrogen) atoms. The van der Waals surface area contributed by atoms with Crippen LogP contribution >= 0.6 is 11.3 Å². The van der Waals surface area contributed by atoms with Gasteiger partial charge in [-0.1, -0.05) is 57.2 Å². The Bertz CT molecular complexity index is 1720. The maximum absolute atomic E-state index is 13.7. The third kappa shape index (κ3) is 6.86. The van der Waals surface area contributed by atoms with Crippen molar-refractivity contribution in [3.63, 3.8) is 0 Å². The summed E-state index contributed by atoms with van der Waals surface area (Å²) in [5.74, 6) is -1.21. The van der Waals surface area contributed by atoms with Gasteiger partial charge in [0.1, 0.15) is 0 Å². The van der Waals surface area contributed by atoms with Gasteiger partial charge in [-0.25, -0.2) is 9.78 Å². The molecule has 2 aromatic heterocycles. The molecular weight excluding hydrogens is 558 g/mol. The molecule has 4 aromatic rings. The van der Waals surface area contributed by atoms with Gasteiger partial charge < -0.3 is 15.4 Å². The first-order chi connectivity index (χ1) is 20.5. The highest BCUT2D eigenvalue weighted by Crippen LogP contribution is 2.45. The molecule has 0 unspecified atom stereocenters. The van der Waals surface area contributed by atoms with Crippen molar-refractivity contribution >= 4 is 57.4 Å². The van der Waals surface area contributed by atoms with Crippen LogP contribution in [0.15, 0.2) is 60.0 Å². The summed E-state index contributed by atoms with van der Waals surface area (Å²) >= 11 is 1.66. The number of rotatable bonds is 7. The quantitative estimate of drug-likeness (QED) is 0.225. The second-order valence-electron chi connectivity index (χ2n) is 12.1. The number of aryl methyl sites for hydroxylation is 1. The number of carbonyl (C=O) groups excluding carboxylic acids is 3. The van der Waals surface area contributed by atoms with Crippen molar-refractivity contribution in [1.82, 2.24) is 10.3 Å². The number of nitrogens with zero attached hydrogens (tertiary/aromatic N) is 1. The second-order valence-corrected chi connectivity index (χ2v) is 13.1. The van der Waals surface area contributed by atoms with Gasteiger partial charge in [-0.2, -0.15) is 0 Å². The Morgan fingerprint density at radius 1 is 1.00 bits per heavy atom. The van der Waals surface area contributed by atoms with Gasteiger partial charge in [0.25, 0.3) is 5.91 Å². The first kappa shape index (κ1) is 30.2. The number of allylic oxidation sites excluding steroid dienone is 1. The highest BCUT2D eigenvalue weighted by Gasteiger charge is 2.35. The summed E-state index contributed by atoms with van der Waals surface area (Å²) in [6, 6.07) is 17.3. The van der Waals surface area contributed by atoms with Crippen molar-refractivity contribution in [2.75, 3.05) is 18.5 Å². The van der Waals surface area contributed by atoms with Crippen LogP contribution in [0.25, 0.3) is 22.6 Å². The van der Waals surface area contributed by atoms with E-state index >= 15 is 0 Å². The lowest BCUT2D eigenvalue weighted by Gasteiger charge is -2.36. The standard InChI is InChI=1S/C35H37N3O4S/c1-21-10-8-14-28(22(21)2)37-30(39)19-36-31(40)20-42-34(41)32-26-12-6-7-13-29(26)38-33-23(17-25-11-9-15-43-25)16-24(18-27(32)33)35(3,4)5/h6-15,17,24H,16,18-20H2,1-5H3,(H,36,40)(H,37,39)/b23-17+/t24-/m1/s1. The largest absolute Gasteiger partial charge is 0.452 e. The molecule has 1 aliphatic rings. The van der Waals surface area contributed by atoms with Crippen LogP contribution in [0.5, 0.6) is 0 Å². The molecule has 5 rings (SSSR count). The normalized spacial score (nSPS) is 15.7. The van der Waals surface area contributed by atoms with E-state index in [1.54, 1.807) is 11.3 Å². The molecule has 0 spiro atoms. The van der Waals surface area contributed by atoms with Crippen LogP contribution in [-0.4, -0.2) is 35.9 Å². The fourth-order valence-corrected chi connectivity index (χ4v) is 6.11. The summed E-state index contributed by atoms with van der Waals surface area (Å²) in [4.78, 5) is 45.0. The van der Waals surface area contributed by atoms with Gasteiger partial charge in [-0.3, -0.25) is 9.59 Å². The Balaban J connectivity index is 1.37. The van der Waals surface area contributed by atoms with Gasteiger partial charge in [-0.05, 0) is 89.9 Å². The summed E-state index contributed by atoms with van der Waals surface area (Å²) in [6.45, 7) is 9.82. The Kier molecular flexibility index (Phi) is 8.78. The molecule has 7 nitrogen and oxygen atoms in total. The zero-order chi connectivity index (χ0) is 30.7. The Morgan fingerprint density at radius 3 is 2.53 bits per heavy atom. The maximum atomic E-state index is 13.7. The average Bonchev–Trinajstić information content (AvgIpc) is 3.48. The number of para-hydroxylation sites is 1. The second kappa shape index (κ2) is 12.5. The highest BCUT2D eigenvalue weighted by atomic mass is 32.1. The number of amides is 2. The van der Waals surface area contributed by atoms with E-state index in [0.29, 0.717) is 28.6 Å². The van der Waals surface area contributed by atoms with Crippen LogP contribution in [0.2, 0.25) is 0 Å². The molecule has 0 radical (unpaired) electrons. The molecule has 2 N–H and O–H groups in total. The van der Waals surface area contributed by atoms with E-state index in [0.717, 1.165) is 39.3 Å². The molecule has 1 aliphatic carbocycles. The van der Waals surface area contributed by atoms with Crippen LogP contribution in [0.1, 0.15) is 64.8 Å². The van der Waals surface area contributed by atoms with E-state index in [2.05, 4.69) is 43.5 Å². The number of anilines is 1. The van der Waals surface area contributed by atoms with E-state index in [1.165, 1.54) is 0 Å². The van der Waals surface area contributed by atoms with E-state index in [1.807, 2.05) is 67.8 Å². The molecule has 0 aliphatic heterocycles. The van der Waals surface area contributed by atoms with E-state index in [9.17, 15) is 14.4 Å². The lowest BCUT2D eigenvalue weighted by Crippen LogP contribution is -2.36. The number of thiophene rings is 1. The molecular formula is C35H37N3O4S. The average molecular weight is 596 g/mol. The molecule has 2 amide bonds. The SMILES string of the molecule is Cc1cccc(NC(=O)CNC(=O)COC(=O)c2c3c(nc4ccccc24)/C(=C/c2cccs2)C[C@@H](C(C)(C)C)C3)c1C. The zero-order valence-corrected chi connectivity index (χ0v) is 26.1. The minimum atomic E-state index is -0.574. The zero-order valence-electron chi connectivity index (χ0n) is 25.2. The van der Waals surface area contributed by atoms with Crippen molar-refractivity contribution in [3.05, 3.63) is 92.8 Å². The number of esters is 1. The lowest BCUT2D eigenvalue weighted by atomic mass is 9.69. The van der Waals surface area contributed by atoms with Crippen molar-refractivity contribution < 1.29 is 19.1 Å². The minimum Gasteiger partial charge on any atom is -0.452 e. The van der Waals surface area contributed by atoms with Crippen LogP contribution in [0, 0.1) is 25.2 Å². The number of hydrogen-bond donors (Lipinski definition) is 2. The van der Waals surface area contributed by atoms with Gasteiger partial charge in [0.05, 0.1) is 23.3 Å². The van der Waals surface area contributed by atoms with Gasteiger partial charge in [-0.15, -0.1) is 11.3 Å². The Labute approximate surface area is 256 Å². The summed E-state index contributed by atoms with van der Waals surface area (Å²) in [6.07, 6.45) is 3.70. The molecule has 1 atom stereocenters. The van der Waals surface area contributed by atoms with Gasteiger partial charge >= 0.3 is 5.97 Å². The van der Waals surface area contributed by atoms with Gasteiger partial charge in [0.15, 0.2) is 6.61 Å². The van der Waals surface area contributed by atoms with Crippen molar-refractivity contribution in [2.45, 2.75) is 47.5 Å². The van der Waals surface area contributed by atoms with Crippen LogP contribution in [0.4, 0.5) is 5.69 Å². The Hall–Kier alpha value is -4.30. The van der Waals surface area contributed by atoms with Gasteiger partial charge in [0, 0.05) is 16.0 Å². The first-order valence-electron chi connectivity index (χ1n) is 14.5. The molecule has 0 bridgehead atoms. The van der Waals surface area contributed by atoms with Crippen LogP contribution in [0.3, 0.4) is 0 Å². The Morgan fingerprint density at radius 2 is 1.79 bits per heavy atom. The van der Waals surface area contributed by atoms with Crippen molar-refractivity contribution in [1.29, 1.82) is 0 Å². The fourth-order valence-electron chi connectivity index (χ4n) is 5.43. The molecule has 0 fully saturated rings. The lowest BCUT2D eigenvalue weighted by molar-refractivity contribution is -0.126. The molecule has 8 heteroatoms. The minimum absolute atomic E-state index is 0.00348. The van der Waals surface area contributed by atoms with Crippen molar-refractivity contribution in [2.24, 2.45) is 11.3 Å². The maximum Gasteiger partial charge on any atom is 0.339 e. The smallest absolute Gasteiger partial charge is 0.339 e. The first-order valence-corrected chi connectivity index (χ1v) is 15.3. The number of ether oxygens (including phenoxy) is 1. The summed E-state index contributed by atoms with van der Waals surface area (Å²) in [7, 11) is 0. The number of pyridine rings is 1. The van der Waals surface area contributed by atoms with Gasteiger partial charge in [0.2, 0.25) is 5.91 Å². The number of aromatic nitrogens is 1. The third-order valence-electron chi connectivity index (χ3n) is 8.16. The monoisotopic (exact) mass is 595 g/mol. The van der Waals surface area contributed by atoms with E-state index in [-0.39, 0.29) is 23.8 Å². The predicted molar refractivity (Wildman–Crippen MR) is 173 cm³/mol. The predicted octanol–water partition coefficient (Wildman–Crippen LogP) is 6.97. The van der Waals surface area contributed by atoms with E-state index in [4.69, 9.17) is 9.72 Å². The molecule has 0 saturated heterocycles. The fraction of sp³-hybridized carbons (Fsp3) is 0.314. The summed E-state index contributed by atoms with van der Waals surface area (Å²) < 4.78 is 5.58. The number of carbonyl (C=O) groups is 3. The molecule has 0 saturated carbocycles. The summed E-state index contributed by atoms with van der Waals surface area (Å²) in [5, 5.41) is 8.11. The number of fused-ring (bicyclic) bond motifs is 2. The summed E-state index contributed by atoms with van der Waals surface area (Å²) in [5.41, 5.74) is 6.62. The molecule has 2 aromatic carbocycles. The number of hydrogen-bond acceptors (Lipinski definition) is 6. The van der Waals surface area contributed by atoms with Crippen LogP contribution < -0.4 is 10.6 Å². The topological polar surface area (TPSA) is 97.4 Å².